The predicted molar refractivity (Wildman–Crippen MR) is 65.5 cm³/mol. The minimum Gasteiger partial charge on any atom is -0.493 e. The molecule has 4 nitrogen and oxygen atoms in total. The molecule has 0 bridgehead atoms. The van der Waals surface area contributed by atoms with Crippen LogP contribution in [0.2, 0.25) is 0 Å². The molecule has 1 fully saturated rings. The van der Waals surface area contributed by atoms with Crippen LogP contribution >= 0.6 is 0 Å². The van der Waals surface area contributed by atoms with Crippen molar-refractivity contribution < 1.29 is 14.6 Å². The molecule has 1 atom stereocenters. The van der Waals surface area contributed by atoms with Crippen molar-refractivity contribution in [1.29, 1.82) is 0 Å². The average Bonchev–Trinajstić information content (AvgIpc) is 2.26. The maximum atomic E-state index is 9.55. The Morgan fingerprint density at radius 1 is 1.35 bits per heavy atom. The summed E-state index contributed by atoms with van der Waals surface area (Å²) >= 11 is 0. The molecular weight excluding hydrogens is 218 g/mol. The molecule has 1 aliphatic heterocycles. The second-order valence-electron chi connectivity index (χ2n) is 4.55. The van der Waals surface area contributed by atoms with E-state index >= 15 is 0 Å². The van der Waals surface area contributed by atoms with E-state index < -0.39 is 6.10 Å². The molecule has 1 aromatic carbocycles. The van der Waals surface area contributed by atoms with Crippen LogP contribution in [0.4, 0.5) is 0 Å². The summed E-state index contributed by atoms with van der Waals surface area (Å²) in [4.78, 5) is 2.19. The Morgan fingerprint density at radius 2 is 2.06 bits per heavy atom. The lowest BCUT2D eigenvalue weighted by Crippen LogP contribution is -2.51. The van der Waals surface area contributed by atoms with E-state index in [1.807, 2.05) is 18.2 Å². The van der Waals surface area contributed by atoms with E-state index in [0.29, 0.717) is 11.5 Å². The number of hydrogen-bond acceptors (Lipinski definition) is 4. The van der Waals surface area contributed by atoms with E-state index in [1.54, 1.807) is 14.0 Å². The summed E-state index contributed by atoms with van der Waals surface area (Å²) in [6, 6.07) is 5.53. The maximum Gasteiger partial charge on any atom is 0.162 e. The van der Waals surface area contributed by atoms with Crippen LogP contribution in [-0.2, 0) is 0 Å². The van der Waals surface area contributed by atoms with Crippen molar-refractivity contribution in [2.24, 2.45) is 0 Å². The Morgan fingerprint density at radius 3 is 2.59 bits per heavy atom. The van der Waals surface area contributed by atoms with Gasteiger partial charge < -0.3 is 14.6 Å². The first kappa shape index (κ1) is 12.2. The van der Waals surface area contributed by atoms with Gasteiger partial charge in [-0.05, 0) is 31.7 Å². The lowest BCUT2D eigenvalue weighted by Gasteiger charge is -2.36. The number of likely N-dealkylation sites (N-methyl/N-ethyl adjacent to an activating group) is 1. The predicted octanol–water partition coefficient (Wildman–Crippen LogP) is 1.44. The van der Waals surface area contributed by atoms with Crippen LogP contribution in [0.3, 0.4) is 0 Å². The van der Waals surface area contributed by atoms with Crippen molar-refractivity contribution in [3.63, 3.8) is 0 Å². The Bertz CT molecular complexity index is 386. The minimum absolute atomic E-state index is 0.221. The third-order valence-electron chi connectivity index (χ3n) is 2.99. The third kappa shape index (κ3) is 2.70. The summed E-state index contributed by atoms with van der Waals surface area (Å²) in [5, 5.41) is 9.55. The minimum atomic E-state index is -0.493. The number of likely N-dealkylation sites (tertiary alicyclic amines) is 1. The summed E-state index contributed by atoms with van der Waals surface area (Å²) in [6.45, 7) is 3.60. The standard InChI is InChI=1S/C13H19NO3/c1-9(15)10-4-5-12(16-3)13(6-10)17-11-7-14(2)8-11/h4-6,9,11,15H,7-8H2,1-3H3. The molecule has 0 aliphatic carbocycles. The van der Waals surface area contributed by atoms with Crippen LogP contribution < -0.4 is 9.47 Å². The van der Waals surface area contributed by atoms with E-state index in [4.69, 9.17) is 9.47 Å². The maximum absolute atomic E-state index is 9.55. The highest BCUT2D eigenvalue weighted by atomic mass is 16.5. The molecule has 0 aromatic heterocycles. The SMILES string of the molecule is COc1ccc(C(C)O)cc1OC1CN(C)C1. The van der Waals surface area contributed by atoms with Gasteiger partial charge in [-0.15, -0.1) is 0 Å². The summed E-state index contributed by atoms with van der Waals surface area (Å²) in [5.74, 6) is 1.42. The first-order chi connectivity index (χ1) is 8.10. The number of aliphatic hydroxyl groups is 1. The smallest absolute Gasteiger partial charge is 0.162 e. The van der Waals surface area contributed by atoms with E-state index in [-0.39, 0.29) is 6.10 Å². The number of benzene rings is 1. The van der Waals surface area contributed by atoms with Gasteiger partial charge in [0, 0.05) is 13.1 Å². The zero-order chi connectivity index (χ0) is 12.4. The van der Waals surface area contributed by atoms with Gasteiger partial charge in [-0.3, -0.25) is 4.90 Å². The van der Waals surface area contributed by atoms with Gasteiger partial charge in [0.15, 0.2) is 11.5 Å². The largest absolute Gasteiger partial charge is 0.493 e. The molecule has 0 saturated carbocycles. The molecule has 94 valence electrons. The van der Waals surface area contributed by atoms with Gasteiger partial charge in [0.25, 0.3) is 0 Å². The Hall–Kier alpha value is -1.26. The normalized spacial score (nSPS) is 18.6. The molecule has 1 saturated heterocycles. The molecule has 0 radical (unpaired) electrons. The van der Waals surface area contributed by atoms with E-state index in [1.165, 1.54) is 0 Å². The van der Waals surface area contributed by atoms with Crippen LogP contribution in [-0.4, -0.2) is 43.4 Å². The molecule has 1 unspecified atom stereocenters. The van der Waals surface area contributed by atoms with Crippen LogP contribution in [0, 0.1) is 0 Å². The molecule has 17 heavy (non-hydrogen) atoms. The molecule has 1 aromatic rings. The number of rotatable bonds is 4. The number of nitrogens with zero attached hydrogens (tertiary/aromatic N) is 1. The highest BCUT2D eigenvalue weighted by Gasteiger charge is 2.26. The molecule has 2 rings (SSSR count). The van der Waals surface area contributed by atoms with Gasteiger partial charge in [0.05, 0.1) is 13.2 Å². The lowest BCUT2D eigenvalue weighted by molar-refractivity contribution is 0.0367. The second-order valence-corrected chi connectivity index (χ2v) is 4.55. The monoisotopic (exact) mass is 237 g/mol. The van der Waals surface area contributed by atoms with E-state index in [0.717, 1.165) is 18.7 Å². The highest BCUT2D eigenvalue weighted by molar-refractivity contribution is 5.43. The fourth-order valence-corrected chi connectivity index (χ4v) is 1.94. The van der Waals surface area contributed by atoms with Crippen LogP contribution in [0.1, 0.15) is 18.6 Å². The van der Waals surface area contributed by atoms with Crippen LogP contribution in [0.25, 0.3) is 0 Å². The van der Waals surface area contributed by atoms with Crippen LogP contribution in [0.15, 0.2) is 18.2 Å². The van der Waals surface area contributed by atoms with Crippen molar-refractivity contribution in [3.05, 3.63) is 23.8 Å². The molecular formula is C13H19NO3. The summed E-state index contributed by atoms with van der Waals surface area (Å²) in [6.07, 6.45) is -0.273. The van der Waals surface area contributed by atoms with E-state index in [2.05, 4.69) is 11.9 Å². The number of ether oxygens (including phenoxy) is 2. The molecule has 1 heterocycles. The second kappa shape index (κ2) is 4.94. The van der Waals surface area contributed by atoms with Gasteiger partial charge in [0.1, 0.15) is 6.10 Å². The quantitative estimate of drug-likeness (QED) is 0.860. The number of aliphatic hydroxyl groups excluding tert-OH is 1. The Balaban J connectivity index is 2.14. The fourth-order valence-electron chi connectivity index (χ4n) is 1.94. The summed E-state index contributed by atoms with van der Waals surface area (Å²) < 4.78 is 11.1. The van der Waals surface area contributed by atoms with Gasteiger partial charge in [-0.2, -0.15) is 0 Å². The van der Waals surface area contributed by atoms with Crippen molar-refractivity contribution in [1.82, 2.24) is 4.90 Å². The molecule has 4 heteroatoms. The number of methoxy groups -OCH3 is 1. The van der Waals surface area contributed by atoms with Gasteiger partial charge in [-0.25, -0.2) is 0 Å². The zero-order valence-corrected chi connectivity index (χ0v) is 10.5. The average molecular weight is 237 g/mol. The van der Waals surface area contributed by atoms with Crippen molar-refractivity contribution >= 4 is 0 Å². The molecule has 1 N–H and O–H groups in total. The lowest BCUT2D eigenvalue weighted by atomic mass is 10.1. The summed E-state index contributed by atoms with van der Waals surface area (Å²) in [7, 11) is 3.68. The Kier molecular flexibility index (Phi) is 3.54. The first-order valence-corrected chi connectivity index (χ1v) is 5.81. The van der Waals surface area contributed by atoms with Crippen molar-refractivity contribution in [3.8, 4) is 11.5 Å². The third-order valence-corrected chi connectivity index (χ3v) is 2.99. The number of hydrogen-bond donors (Lipinski definition) is 1. The molecule has 1 aliphatic rings. The van der Waals surface area contributed by atoms with Gasteiger partial charge >= 0.3 is 0 Å². The fraction of sp³-hybridized carbons (Fsp3) is 0.538. The van der Waals surface area contributed by atoms with Crippen molar-refractivity contribution in [2.75, 3.05) is 27.2 Å². The zero-order valence-electron chi connectivity index (χ0n) is 10.5. The topological polar surface area (TPSA) is 41.9 Å². The highest BCUT2D eigenvalue weighted by Crippen LogP contribution is 2.32. The van der Waals surface area contributed by atoms with Crippen molar-refractivity contribution in [2.45, 2.75) is 19.1 Å². The molecule has 0 amide bonds. The first-order valence-electron chi connectivity index (χ1n) is 5.81. The van der Waals surface area contributed by atoms with Gasteiger partial charge in [-0.1, -0.05) is 6.07 Å². The summed E-state index contributed by atoms with van der Waals surface area (Å²) in [5.41, 5.74) is 0.841. The molecule has 0 spiro atoms. The Labute approximate surface area is 102 Å². The van der Waals surface area contributed by atoms with Gasteiger partial charge in [0.2, 0.25) is 0 Å². The van der Waals surface area contributed by atoms with Crippen LogP contribution in [0.5, 0.6) is 11.5 Å². The van der Waals surface area contributed by atoms with E-state index in [9.17, 15) is 5.11 Å².